The van der Waals surface area contributed by atoms with E-state index in [0.29, 0.717) is 12.2 Å². The van der Waals surface area contributed by atoms with Gasteiger partial charge in [0.1, 0.15) is 12.3 Å². The van der Waals surface area contributed by atoms with Gasteiger partial charge in [0.05, 0.1) is 25.4 Å². The van der Waals surface area contributed by atoms with E-state index in [4.69, 9.17) is 4.74 Å². The zero-order chi connectivity index (χ0) is 21.3. The van der Waals surface area contributed by atoms with Crippen LogP contribution in [-0.4, -0.2) is 53.7 Å². The van der Waals surface area contributed by atoms with Crippen LogP contribution in [0, 0.1) is 0 Å². The van der Waals surface area contributed by atoms with Crippen molar-refractivity contribution in [2.75, 3.05) is 20.2 Å². The highest BCUT2D eigenvalue weighted by Gasteiger charge is 2.37. The van der Waals surface area contributed by atoms with Crippen LogP contribution in [0.25, 0.3) is 0 Å². The van der Waals surface area contributed by atoms with E-state index in [-0.39, 0.29) is 19.1 Å². The molecular weight excluding hydrogens is 452 g/mol. The van der Waals surface area contributed by atoms with Gasteiger partial charge in [0.2, 0.25) is 0 Å². The van der Waals surface area contributed by atoms with Gasteiger partial charge in [-0.1, -0.05) is 40.2 Å². The van der Waals surface area contributed by atoms with E-state index in [1.54, 1.807) is 7.11 Å². The molecule has 30 heavy (non-hydrogen) atoms. The highest BCUT2D eigenvalue weighted by molar-refractivity contribution is 9.10. The molecule has 0 aliphatic carbocycles. The van der Waals surface area contributed by atoms with Gasteiger partial charge in [-0.25, -0.2) is 9.80 Å². The summed E-state index contributed by atoms with van der Waals surface area (Å²) in [6.07, 6.45) is 0.514. The summed E-state index contributed by atoms with van der Waals surface area (Å²) in [4.78, 5) is 37.7. The lowest BCUT2D eigenvalue weighted by atomic mass is 9.98. The zero-order valence-corrected chi connectivity index (χ0v) is 17.8. The second-order valence-electron chi connectivity index (χ2n) is 6.92. The zero-order valence-electron chi connectivity index (χ0n) is 16.2. The number of benzene rings is 2. The lowest BCUT2D eigenvalue weighted by molar-refractivity contribution is -0.137. The Kier molecular flexibility index (Phi) is 5.54. The Labute approximate surface area is 181 Å². The molecule has 1 fully saturated rings. The van der Waals surface area contributed by atoms with Crippen LogP contribution < -0.4 is 10.1 Å². The highest BCUT2D eigenvalue weighted by atomic mass is 79.9. The standard InChI is InChI=1S/C21H19BrN4O4/c1-30-16-8-4-14(5-9-16)18-10-17(13-2-6-15(22)7-3-13)24-26(18)20(28)12-25-19(27)11-23-21(25)29/h2-9,18H,10-12H2,1H3,(H,23,29). The molecule has 0 bridgehead atoms. The second-order valence-corrected chi connectivity index (χ2v) is 7.84. The first-order valence-electron chi connectivity index (χ1n) is 9.34. The molecule has 0 radical (unpaired) electrons. The predicted molar refractivity (Wildman–Crippen MR) is 113 cm³/mol. The molecule has 2 aliphatic rings. The number of hydrogen-bond acceptors (Lipinski definition) is 5. The Morgan fingerprint density at radius 3 is 2.47 bits per heavy atom. The minimum Gasteiger partial charge on any atom is -0.497 e. The normalized spacial score (nSPS) is 18.5. The van der Waals surface area contributed by atoms with Crippen LogP contribution in [0.4, 0.5) is 4.79 Å². The van der Waals surface area contributed by atoms with E-state index in [1.807, 2.05) is 48.5 Å². The molecule has 2 aromatic rings. The fourth-order valence-corrected chi connectivity index (χ4v) is 3.73. The SMILES string of the molecule is COc1ccc(C2CC(c3ccc(Br)cc3)=NN2C(=O)CN2C(=O)CNC2=O)cc1. The van der Waals surface area contributed by atoms with E-state index in [2.05, 4.69) is 26.3 Å². The van der Waals surface area contributed by atoms with Crippen LogP contribution in [0.3, 0.4) is 0 Å². The van der Waals surface area contributed by atoms with Crippen molar-refractivity contribution in [2.24, 2.45) is 5.10 Å². The number of hydrazone groups is 1. The minimum absolute atomic E-state index is 0.0958. The number of methoxy groups -OCH3 is 1. The van der Waals surface area contributed by atoms with Gasteiger partial charge in [0.15, 0.2) is 0 Å². The number of nitrogens with zero attached hydrogens (tertiary/aromatic N) is 3. The van der Waals surface area contributed by atoms with Crippen molar-refractivity contribution in [2.45, 2.75) is 12.5 Å². The van der Waals surface area contributed by atoms with Crippen LogP contribution in [0.1, 0.15) is 23.6 Å². The van der Waals surface area contributed by atoms with Crippen molar-refractivity contribution in [3.8, 4) is 5.75 Å². The third kappa shape index (κ3) is 3.93. The van der Waals surface area contributed by atoms with Gasteiger partial charge < -0.3 is 10.1 Å². The summed E-state index contributed by atoms with van der Waals surface area (Å²) in [7, 11) is 1.59. The number of carbonyl (C=O) groups is 3. The minimum atomic E-state index is -0.564. The fraction of sp³-hybridized carbons (Fsp3) is 0.238. The molecule has 154 valence electrons. The first-order chi connectivity index (χ1) is 14.5. The number of amides is 4. The van der Waals surface area contributed by atoms with E-state index < -0.39 is 17.8 Å². The van der Waals surface area contributed by atoms with Gasteiger partial charge in [-0.15, -0.1) is 0 Å². The molecule has 1 unspecified atom stereocenters. The number of hydrogen-bond donors (Lipinski definition) is 1. The maximum absolute atomic E-state index is 13.0. The number of urea groups is 1. The molecule has 1 atom stereocenters. The van der Waals surface area contributed by atoms with Gasteiger partial charge in [-0.3, -0.25) is 14.5 Å². The maximum atomic E-state index is 13.0. The molecule has 1 N–H and O–H groups in total. The molecule has 4 rings (SSSR count). The highest BCUT2D eigenvalue weighted by Crippen LogP contribution is 2.34. The second kappa shape index (κ2) is 8.27. The lowest BCUT2D eigenvalue weighted by Crippen LogP contribution is -2.41. The molecule has 1 saturated heterocycles. The largest absolute Gasteiger partial charge is 0.497 e. The Morgan fingerprint density at radius 1 is 1.17 bits per heavy atom. The van der Waals surface area contributed by atoms with Crippen LogP contribution >= 0.6 is 15.9 Å². The van der Waals surface area contributed by atoms with Gasteiger partial charge in [-0.2, -0.15) is 5.10 Å². The molecule has 2 aliphatic heterocycles. The molecule has 0 saturated carbocycles. The van der Waals surface area contributed by atoms with Crippen LogP contribution in [0.5, 0.6) is 5.75 Å². The predicted octanol–water partition coefficient (Wildman–Crippen LogP) is 2.69. The average molecular weight is 471 g/mol. The Balaban J connectivity index is 1.63. The van der Waals surface area contributed by atoms with Gasteiger partial charge in [0, 0.05) is 10.9 Å². The summed E-state index contributed by atoms with van der Waals surface area (Å²) in [5.41, 5.74) is 2.55. The summed E-state index contributed by atoms with van der Waals surface area (Å²) in [5, 5.41) is 8.36. The number of carbonyl (C=O) groups excluding carboxylic acids is 3. The summed E-state index contributed by atoms with van der Waals surface area (Å²) in [6, 6.07) is 14.2. The quantitative estimate of drug-likeness (QED) is 0.679. The molecule has 0 spiro atoms. The van der Waals surface area contributed by atoms with Gasteiger partial charge in [0.25, 0.3) is 11.8 Å². The summed E-state index contributed by atoms with van der Waals surface area (Å²) in [6.45, 7) is -0.449. The summed E-state index contributed by atoms with van der Waals surface area (Å²) in [5.74, 6) is -0.137. The van der Waals surface area contributed by atoms with Crippen LogP contribution in [0.2, 0.25) is 0 Å². The van der Waals surface area contributed by atoms with E-state index in [0.717, 1.165) is 26.2 Å². The van der Waals surface area contributed by atoms with Gasteiger partial charge >= 0.3 is 6.03 Å². The fourth-order valence-electron chi connectivity index (χ4n) is 3.47. The topological polar surface area (TPSA) is 91.3 Å². The van der Waals surface area contributed by atoms with E-state index >= 15 is 0 Å². The number of ether oxygens (including phenoxy) is 1. The maximum Gasteiger partial charge on any atom is 0.325 e. The number of nitrogens with one attached hydrogen (secondary N) is 1. The molecule has 4 amide bonds. The molecule has 0 aromatic heterocycles. The van der Waals surface area contributed by atoms with E-state index in [1.165, 1.54) is 5.01 Å². The van der Waals surface area contributed by atoms with Crippen molar-refractivity contribution in [3.05, 3.63) is 64.1 Å². The first-order valence-corrected chi connectivity index (χ1v) is 10.1. The first kappa shape index (κ1) is 20.1. The van der Waals surface area contributed by atoms with Crippen LogP contribution in [-0.2, 0) is 9.59 Å². The lowest BCUT2D eigenvalue weighted by Gasteiger charge is -2.23. The van der Waals surface area contributed by atoms with Crippen molar-refractivity contribution in [1.29, 1.82) is 0 Å². The summed E-state index contributed by atoms with van der Waals surface area (Å²) < 4.78 is 6.17. The number of rotatable bonds is 5. The Morgan fingerprint density at radius 2 is 1.87 bits per heavy atom. The smallest absolute Gasteiger partial charge is 0.325 e. The average Bonchev–Trinajstić information content (AvgIpc) is 3.34. The Bertz CT molecular complexity index is 1000. The molecule has 8 nitrogen and oxygen atoms in total. The van der Waals surface area contributed by atoms with Crippen molar-refractivity contribution < 1.29 is 19.1 Å². The third-order valence-corrected chi connectivity index (χ3v) is 5.60. The summed E-state index contributed by atoms with van der Waals surface area (Å²) >= 11 is 3.42. The molecule has 2 heterocycles. The van der Waals surface area contributed by atoms with Crippen molar-refractivity contribution >= 4 is 39.5 Å². The van der Waals surface area contributed by atoms with Crippen molar-refractivity contribution in [3.63, 3.8) is 0 Å². The van der Waals surface area contributed by atoms with Crippen LogP contribution in [0.15, 0.2) is 58.1 Å². The number of imide groups is 1. The van der Waals surface area contributed by atoms with Crippen molar-refractivity contribution in [1.82, 2.24) is 15.2 Å². The van der Waals surface area contributed by atoms with E-state index in [9.17, 15) is 14.4 Å². The monoisotopic (exact) mass is 470 g/mol. The molecule has 9 heteroatoms. The Hall–Kier alpha value is -3.20. The third-order valence-electron chi connectivity index (χ3n) is 5.07. The van der Waals surface area contributed by atoms with Gasteiger partial charge in [-0.05, 0) is 35.4 Å². The number of halogens is 1. The molecule has 2 aromatic carbocycles. The molecular formula is C21H19BrN4O4.